The van der Waals surface area contributed by atoms with Gasteiger partial charge in [-0.25, -0.2) is 13.1 Å². The van der Waals surface area contributed by atoms with E-state index >= 15 is 0 Å². The predicted molar refractivity (Wildman–Crippen MR) is 93.2 cm³/mol. The summed E-state index contributed by atoms with van der Waals surface area (Å²) in [6.45, 7) is 0. The van der Waals surface area contributed by atoms with E-state index < -0.39 is 16.0 Å². The van der Waals surface area contributed by atoms with Gasteiger partial charge >= 0.3 is 5.97 Å². The summed E-state index contributed by atoms with van der Waals surface area (Å²) in [4.78, 5) is 10.8. The van der Waals surface area contributed by atoms with Crippen molar-refractivity contribution in [3.63, 3.8) is 0 Å². The highest BCUT2D eigenvalue weighted by atomic mass is 32.2. The van der Waals surface area contributed by atoms with Crippen LogP contribution in [-0.2, 0) is 14.8 Å². The van der Waals surface area contributed by atoms with Crippen LogP contribution < -0.4 is 4.72 Å². The van der Waals surface area contributed by atoms with Gasteiger partial charge in [0.15, 0.2) is 0 Å². The first-order chi connectivity index (χ1) is 11.5. The normalized spacial score (nSPS) is 17.7. The highest BCUT2D eigenvalue weighted by Gasteiger charge is 2.25. The van der Waals surface area contributed by atoms with Crippen molar-refractivity contribution in [2.24, 2.45) is 0 Å². The van der Waals surface area contributed by atoms with Crippen LogP contribution in [0.25, 0.3) is 0 Å². The number of carbonyl (C=O) groups is 1. The Kier molecular flexibility index (Phi) is 6.99. The largest absolute Gasteiger partial charge is 0.481 e. The summed E-state index contributed by atoms with van der Waals surface area (Å²) in [5.41, 5.74) is 1.16. The molecule has 0 saturated carbocycles. The van der Waals surface area contributed by atoms with Crippen molar-refractivity contribution in [3.05, 3.63) is 42.0 Å². The number of hydrogen-bond donors (Lipinski definition) is 2. The van der Waals surface area contributed by atoms with Gasteiger partial charge < -0.3 is 5.11 Å². The minimum atomic E-state index is -3.48. The third kappa shape index (κ3) is 5.76. The molecular weight excluding hydrogens is 326 g/mol. The molecule has 0 saturated heterocycles. The van der Waals surface area contributed by atoms with Crippen LogP contribution in [0.3, 0.4) is 0 Å². The molecule has 1 aromatic rings. The van der Waals surface area contributed by atoms with Crippen LogP contribution >= 0.6 is 0 Å². The maximum Gasteiger partial charge on any atom is 0.303 e. The first kappa shape index (κ1) is 18.7. The van der Waals surface area contributed by atoms with Gasteiger partial charge in [0.05, 0.1) is 4.90 Å². The van der Waals surface area contributed by atoms with Crippen molar-refractivity contribution in [1.82, 2.24) is 4.72 Å². The number of sulfonamides is 1. The Morgan fingerprint density at radius 1 is 1.12 bits per heavy atom. The molecule has 1 atom stereocenters. The average Bonchev–Trinajstić information content (AvgIpc) is 2.98. The second-order valence-corrected chi connectivity index (χ2v) is 7.87. The van der Waals surface area contributed by atoms with Gasteiger partial charge in [-0.3, -0.25) is 4.79 Å². The second kappa shape index (κ2) is 8.99. The summed E-state index contributed by atoms with van der Waals surface area (Å²) >= 11 is 0. The average molecular weight is 351 g/mol. The van der Waals surface area contributed by atoms with E-state index in [1.807, 2.05) is 0 Å². The van der Waals surface area contributed by atoms with Crippen LogP contribution in [0.1, 0.15) is 51.4 Å². The molecule has 132 valence electrons. The maximum absolute atomic E-state index is 12.4. The number of nitrogens with one attached hydrogen (secondary N) is 1. The van der Waals surface area contributed by atoms with Crippen LogP contribution in [0.4, 0.5) is 0 Å². The van der Waals surface area contributed by atoms with Crippen molar-refractivity contribution in [2.75, 3.05) is 0 Å². The molecule has 6 heteroatoms. The van der Waals surface area contributed by atoms with Gasteiger partial charge in [0.25, 0.3) is 0 Å². The van der Waals surface area contributed by atoms with Gasteiger partial charge in [-0.15, -0.1) is 0 Å². The zero-order valence-corrected chi connectivity index (χ0v) is 14.6. The number of rotatable bonds is 10. The fraction of sp³-hybridized carbons (Fsp3) is 0.500. The van der Waals surface area contributed by atoms with Gasteiger partial charge in [0.1, 0.15) is 0 Å². The van der Waals surface area contributed by atoms with Crippen LogP contribution in [0.15, 0.2) is 46.9 Å². The van der Waals surface area contributed by atoms with Crippen molar-refractivity contribution in [2.45, 2.75) is 62.3 Å². The number of aliphatic carboxylic acids is 1. The minimum Gasteiger partial charge on any atom is -0.481 e. The molecule has 24 heavy (non-hydrogen) atoms. The van der Waals surface area contributed by atoms with Crippen molar-refractivity contribution in [3.8, 4) is 0 Å². The third-order valence-electron chi connectivity index (χ3n) is 4.27. The third-order valence-corrected chi connectivity index (χ3v) is 5.75. The number of unbranched alkanes of at least 4 members (excludes halogenated alkanes) is 3. The second-order valence-electron chi connectivity index (χ2n) is 6.15. The Morgan fingerprint density at radius 2 is 1.83 bits per heavy atom. The SMILES string of the molecule is O=C(O)CCCCCCC1=CCCC1NS(=O)(=O)c1ccccc1. The molecule has 2 N–H and O–H groups in total. The molecule has 1 aromatic carbocycles. The monoisotopic (exact) mass is 351 g/mol. The Morgan fingerprint density at radius 3 is 2.54 bits per heavy atom. The Balaban J connectivity index is 1.79. The zero-order valence-electron chi connectivity index (χ0n) is 13.8. The lowest BCUT2D eigenvalue weighted by molar-refractivity contribution is -0.137. The van der Waals surface area contributed by atoms with E-state index in [1.165, 1.54) is 0 Å². The Hall–Kier alpha value is -1.66. The molecule has 2 rings (SSSR count). The lowest BCUT2D eigenvalue weighted by atomic mass is 10.0. The van der Waals surface area contributed by atoms with E-state index in [1.54, 1.807) is 30.3 Å². The van der Waals surface area contributed by atoms with Gasteiger partial charge in [0.2, 0.25) is 10.0 Å². The van der Waals surface area contributed by atoms with Gasteiger partial charge in [0, 0.05) is 12.5 Å². The smallest absolute Gasteiger partial charge is 0.303 e. The quantitative estimate of drug-likeness (QED) is 0.499. The Labute approximate surface area is 143 Å². The van der Waals surface area contributed by atoms with Crippen molar-refractivity contribution in [1.29, 1.82) is 0 Å². The summed E-state index contributed by atoms with van der Waals surface area (Å²) in [5, 5.41) is 8.61. The summed E-state index contributed by atoms with van der Waals surface area (Å²) < 4.78 is 27.7. The van der Waals surface area contributed by atoms with E-state index in [0.29, 0.717) is 11.3 Å². The minimum absolute atomic E-state index is 0.116. The van der Waals surface area contributed by atoms with Gasteiger partial charge in [-0.2, -0.15) is 0 Å². The summed E-state index contributed by atoms with van der Waals surface area (Å²) in [6, 6.07) is 8.32. The van der Waals surface area contributed by atoms with Crippen LogP contribution in [0.5, 0.6) is 0 Å². The number of hydrogen-bond acceptors (Lipinski definition) is 3. The zero-order chi connectivity index (χ0) is 17.4. The highest BCUT2D eigenvalue weighted by Crippen LogP contribution is 2.25. The summed E-state index contributed by atoms with van der Waals surface area (Å²) in [7, 11) is -3.48. The molecule has 0 radical (unpaired) electrons. The molecule has 1 aliphatic rings. The summed E-state index contributed by atoms with van der Waals surface area (Å²) in [6.07, 6.45) is 8.49. The molecule has 0 amide bonds. The van der Waals surface area contributed by atoms with Gasteiger partial charge in [-0.1, -0.05) is 42.7 Å². The molecule has 0 aromatic heterocycles. The molecule has 1 aliphatic carbocycles. The lowest BCUT2D eigenvalue weighted by Crippen LogP contribution is -2.34. The number of benzene rings is 1. The Bertz CT molecular complexity index is 668. The van der Waals surface area contributed by atoms with E-state index in [9.17, 15) is 13.2 Å². The van der Waals surface area contributed by atoms with Crippen LogP contribution in [0.2, 0.25) is 0 Å². The molecule has 0 aliphatic heterocycles. The standard InChI is InChI=1S/C18H25NO4S/c20-18(21)14-7-2-1-4-9-15-10-8-13-17(15)19-24(22,23)16-11-5-3-6-12-16/h3,5-6,10-12,17,19H,1-2,4,7-9,13-14H2,(H,20,21). The molecule has 0 spiro atoms. The topological polar surface area (TPSA) is 83.5 Å². The lowest BCUT2D eigenvalue weighted by Gasteiger charge is -2.17. The van der Waals surface area contributed by atoms with E-state index in [0.717, 1.165) is 44.1 Å². The molecule has 0 bridgehead atoms. The number of carboxylic acids is 1. The predicted octanol–water partition coefficient (Wildman–Crippen LogP) is 3.48. The highest BCUT2D eigenvalue weighted by molar-refractivity contribution is 7.89. The van der Waals surface area contributed by atoms with E-state index in [2.05, 4.69) is 10.8 Å². The van der Waals surface area contributed by atoms with Crippen LogP contribution in [0, 0.1) is 0 Å². The molecular formula is C18H25NO4S. The first-order valence-corrected chi connectivity index (χ1v) is 9.95. The number of allylic oxidation sites excluding steroid dienone is 1. The number of carboxylic acid groups (broad SMARTS) is 1. The van der Waals surface area contributed by atoms with Crippen molar-refractivity contribution >= 4 is 16.0 Å². The van der Waals surface area contributed by atoms with Crippen molar-refractivity contribution < 1.29 is 18.3 Å². The first-order valence-electron chi connectivity index (χ1n) is 8.47. The maximum atomic E-state index is 12.4. The summed E-state index contributed by atoms with van der Waals surface area (Å²) in [5.74, 6) is -0.746. The molecule has 0 heterocycles. The van der Waals surface area contributed by atoms with Gasteiger partial charge in [-0.05, 0) is 44.2 Å². The fourth-order valence-electron chi connectivity index (χ4n) is 2.99. The molecule has 5 nitrogen and oxygen atoms in total. The fourth-order valence-corrected chi connectivity index (χ4v) is 4.28. The van der Waals surface area contributed by atoms with E-state index in [4.69, 9.17) is 5.11 Å². The van der Waals surface area contributed by atoms with E-state index in [-0.39, 0.29) is 12.5 Å². The molecule has 1 unspecified atom stereocenters. The molecule has 0 fully saturated rings. The van der Waals surface area contributed by atoms with Crippen LogP contribution in [-0.4, -0.2) is 25.5 Å².